The Kier molecular flexibility index (Phi) is 3.36. The summed E-state index contributed by atoms with van der Waals surface area (Å²) in [6.07, 6.45) is 3.16. The van der Waals surface area contributed by atoms with Crippen LogP contribution in [0.15, 0.2) is 36.7 Å². The van der Waals surface area contributed by atoms with Crippen LogP contribution in [-0.4, -0.2) is 17.0 Å². The molecule has 2 aromatic rings. The van der Waals surface area contributed by atoms with E-state index < -0.39 is 0 Å². The van der Waals surface area contributed by atoms with Gasteiger partial charge in [-0.15, -0.1) is 0 Å². The van der Waals surface area contributed by atoms with Crippen LogP contribution in [0.25, 0.3) is 0 Å². The summed E-state index contributed by atoms with van der Waals surface area (Å²) in [5.41, 5.74) is 3.90. The van der Waals surface area contributed by atoms with E-state index in [0.29, 0.717) is 17.2 Å². The number of hydrogen-bond acceptors (Lipinski definition) is 6. The average molecular weight is 240 g/mol. The van der Waals surface area contributed by atoms with Gasteiger partial charge in [0.2, 0.25) is 0 Å². The zero-order chi connectivity index (χ0) is 13.0. The van der Waals surface area contributed by atoms with Crippen LogP contribution in [0.2, 0.25) is 0 Å². The Bertz CT molecular complexity index is 589. The Hall–Kier alpha value is -2.65. The molecule has 0 aliphatic heterocycles. The molecule has 0 fully saturated rings. The average Bonchev–Trinajstić information content (AvgIpc) is 2.46. The molecule has 90 valence electrons. The summed E-state index contributed by atoms with van der Waals surface area (Å²) in [5.74, 6) is 6.41. The number of rotatable bonds is 3. The molecule has 0 amide bonds. The SMILES string of the molecule is CN(c1cccc(C#N)c1)c1cncc(NN)n1. The molecule has 0 aliphatic carbocycles. The number of nitrogens with one attached hydrogen (secondary N) is 1. The highest BCUT2D eigenvalue weighted by molar-refractivity contribution is 5.61. The predicted octanol–water partition coefficient (Wildman–Crippen LogP) is 1.40. The van der Waals surface area contributed by atoms with Crippen molar-refractivity contribution in [3.8, 4) is 6.07 Å². The molecule has 0 spiro atoms. The van der Waals surface area contributed by atoms with Gasteiger partial charge >= 0.3 is 0 Å². The largest absolute Gasteiger partial charge is 0.328 e. The maximum absolute atomic E-state index is 8.87. The number of nitrogens with zero attached hydrogens (tertiary/aromatic N) is 4. The molecule has 0 bridgehead atoms. The van der Waals surface area contributed by atoms with Crippen molar-refractivity contribution in [2.75, 3.05) is 17.4 Å². The molecule has 0 unspecified atom stereocenters. The van der Waals surface area contributed by atoms with Crippen molar-refractivity contribution in [2.24, 2.45) is 5.84 Å². The summed E-state index contributed by atoms with van der Waals surface area (Å²) >= 11 is 0. The summed E-state index contributed by atoms with van der Waals surface area (Å²) in [5, 5.41) is 8.87. The molecule has 0 saturated heterocycles. The Balaban J connectivity index is 2.35. The molecule has 1 aromatic heterocycles. The van der Waals surface area contributed by atoms with Gasteiger partial charge < -0.3 is 10.3 Å². The highest BCUT2D eigenvalue weighted by Crippen LogP contribution is 2.22. The van der Waals surface area contributed by atoms with Crippen LogP contribution < -0.4 is 16.2 Å². The summed E-state index contributed by atoms with van der Waals surface area (Å²) in [6, 6.07) is 9.35. The third kappa shape index (κ3) is 2.36. The van der Waals surface area contributed by atoms with Gasteiger partial charge in [-0.3, -0.25) is 4.98 Å². The van der Waals surface area contributed by atoms with Crippen LogP contribution in [-0.2, 0) is 0 Å². The van der Waals surface area contributed by atoms with Crippen LogP contribution in [0.4, 0.5) is 17.3 Å². The van der Waals surface area contributed by atoms with Gasteiger partial charge in [0.05, 0.1) is 24.0 Å². The third-order valence-electron chi connectivity index (χ3n) is 2.48. The fourth-order valence-electron chi connectivity index (χ4n) is 1.50. The van der Waals surface area contributed by atoms with Gasteiger partial charge in [-0.25, -0.2) is 10.8 Å². The fourth-order valence-corrected chi connectivity index (χ4v) is 1.50. The first-order valence-electron chi connectivity index (χ1n) is 5.27. The second-order valence-corrected chi connectivity index (χ2v) is 3.63. The smallest absolute Gasteiger partial charge is 0.160 e. The lowest BCUT2D eigenvalue weighted by Crippen LogP contribution is -2.14. The van der Waals surface area contributed by atoms with Gasteiger partial charge in [0, 0.05) is 12.7 Å². The van der Waals surface area contributed by atoms with Gasteiger partial charge in [0.25, 0.3) is 0 Å². The van der Waals surface area contributed by atoms with Crippen molar-refractivity contribution in [3.05, 3.63) is 42.2 Å². The molecule has 6 nitrogen and oxygen atoms in total. The van der Waals surface area contributed by atoms with Gasteiger partial charge in [0.1, 0.15) is 0 Å². The van der Waals surface area contributed by atoms with Crippen molar-refractivity contribution in [2.45, 2.75) is 0 Å². The molecule has 1 aromatic carbocycles. The maximum atomic E-state index is 8.87. The summed E-state index contributed by atoms with van der Waals surface area (Å²) < 4.78 is 0. The van der Waals surface area contributed by atoms with Gasteiger partial charge in [-0.1, -0.05) is 6.07 Å². The molecule has 0 radical (unpaired) electrons. The van der Waals surface area contributed by atoms with Crippen molar-refractivity contribution < 1.29 is 0 Å². The number of hydrazine groups is 1. The molecule has 1 heterocycles. The summed E-state index contributed by atoms with van der Waals surface area (Å²) in [6.45, 7) is 0. The maximum Gasteiger partial charge on any atom is 0.160 e. The lowest BCUT2D eigenvalue weighted by atomic mass is 10.2. The Morgan fingerprint density at radius 2 is 2.22 bits per heavy atom. The lowest BCUT2D eigenvalue weighted by Gasteiger charge is -2.18. The Morgan fingerprint density at radius 1 is 1.39 bits per heavy atom. The van der Waals surface area contributed by atoms with E-state index >= 15 is 0 Å². The number of nitriles is 1. The molecule has 6 heteroatoms. The van der Waals surface area contributed by atoms with Gasteiger partial charge in [0.15, 0.2) is 11.6 Å². The molecule has 18 heavy (non-hydrogen) atoms. The summed E-state index contributed by atoms with van der Waals surface area (Å²) in [4.78, 5) is 10.1. The van der Waals surface area contributed by atoms with Crippen LogP contribution in [0.5, 0.6) is 0 Å². The van der Waals surface area contributed by atoms with Crippen molar-refractivity contribution in [1.82, 2.24) is 9.97 Å². The first kappa shape index (κ1) is 11.8. The number of anilines is 3. The molecular weight excluding hydrogens is 228 g/mol. The number of nitrogen functional groups attached to an aromatic ring is 1. The van der Waals surface area contributed by atoms with Crippen molar-refractivity contribution in [1.29, 1.82) is 5.26 Å². The van der Waals surface area contributed by atoms with E-state index in [0.717, 1.165) is 5.69 Å². The molecule has 0 saturated carbocycles. The van der Waals surface area contributed by atoms with E-state index in [9.17, 15) is 0 Å². The summed E-state index contributed by atoms with van der Waals surface area (Å²) in [7, 11) is 1.85. The first-order valence-corrected chi connectivity index (χ1v) is 5.27. The number of benzene rings is 1. The quantitative estimate of drug-likeness (QED) is 0.622. The molecule has 0 aliphatic rings. The predicted molar refractivity (Wildman–Crippen MR) is 69.1 cm³/mol. The van der Waals surface area contributed by atoms with E-state index in [2.05, 4.69) is 21.5 Å². The molecular formula is C12H12N6. The second kappa shape index (κ2) is 5.12. The first-order chi connectivity index (χ1) is 8.74. The molecule has 3 N–H and O–H groups in total. The second-order valence-electron chi connectivity index (χ2n) is 3.63. The lowest BCUT2D eigenvalue weighted by molar-refractivity contribution is 1.07. The van der Waals surface area contributed by atoms with Gasteiger partial charge in [-0.05, 0) is 18.2 Å². The topological polar surface area (TPSA) is 90.9 Å². The number of hydrogen-bond donors (Lipinski definition) is 2. The van der Waals surface area contributed by atoms with Crippen LogP contribution in [0, 0.1) is 11.3 Å². The van der Waals surface area contributed by atoms with E-state index in [1.165, 1.54) is 6.20 Å². The van der Waals surface area contributed by atoms with Crippen molar-refractivity contribution in [3.63, 3.8) is 0 Å². The fraction of sp³-hybridized carbons (Fsp3) is 0.0833. The monoisotopic (exact) mass is 240 g/mol. The molecule has 0 atom stereocenters. The standard InChI is InChI=1S/C12H12N6/c1-18(10-4-2-3-9(5-10)6-13)12-8-15-7-11(16-12)17-14/h2-5,7-8H,14H2,1H3,(H,16,17). The Morgan fingerprint density at radius 3 is 2.94 bits per heavy atom. The minimum atomic E-state index is 0.482. The number of nitrogens with two attached hydrogens (primary N) is 1. The van der Waals surface area contributed by atoms with E-state index in [-0.39, 0.29) is 0 Å². The number of aromatic nitrogens is 2. The van der Waals surface area contributed by atoms with E-state index in [1.807, 2.05) is 24.1 Å². The molecule has 2 rings (SSSR count). The van der Waals surface area contributed by atoms with E-state index in [4.69, 9.17) is 11.1 Å². The van der Waals surface area contributed by atoms with Crippen LogP contribution >= 0.6 is 0 Å². The highest BCUT2D eigenvalue weighted by atomic mass is 15.3. The van der Waals surface area contributed by atoms with Gasteiger partial charge in [-0.2, -0.15) is 5.26 Å². The van der Waals surface area contributed by atoms with E-state index in [1.54, 1.807) is 18.3 Å². The van der Waals surface area contributed by atoms with Crippen LogP contribution in [0.3, 0.4) is 0 Å². The highest BCUT2D eigenvalue weighted by Gasteiger charge is 2.07. The van der Waals surface area contributed by atoms with Crippen LogP contribution in [0.1, 0.15) is 5.56 Å². The van der Waals surface area contributed by atoms with Crippen molar-refractivity contribution >= 4 is 17.3 Å². The Labute approximate surface area is 105 Å². The minimum absolute atomic E-state index is 0.482. The minimum Gasteiger partial charge on any atom is -0.328 e. The normalized spacial score (nSPS) is 9.61. The zero-order valence-corrected chi connectivity index (χ0v) is 9.83. The zero-order valence-electron chi connectivity index (χ0n) is 9.83. The third-order valence-corrected chi connectivity index (χ3v) is 2.48.